The van der Waals surface area contributed by atoms with E-state index in [0.29, 0.717) is 11.6 Å². The second kappa shape index (κ2) is 7.13. The summed E-state index contributed by atoms with van der Waals surface area (Å²) in [4.78, 5) is 18.5. The van der Waals surface area contributed by atoms with Crippen LogP contribution in [-0.2, 0) is 4.79 Å². The van der Waals surface area contributed by atoms with Gasteiger partial charge in [-0.25, -0.2) is 4.98 Å². The molecule has 5 nitrogen and oxygen atoms in total. The molecule has 3 rings (SSSR count). The quantitative estimate of drug-likeness (QED) is 0.876. The van der Waals surface area contributed by atoms with E-state index in [4.69, 9.17) is 4.42 Å². The number of nitrogens with one attached hydrogen (secondary N) is 1. The SMILES string of the molecule is Cc1ccc(/C=C/C(=O)Nc2ccc(N3CCCCC3)cn2)o1. The highest BCUT2D eigenvalue weighted by atomic mass is 16.3. The molecule has 5 heteroatoms. The third kappa shape index (κ3) is 4.22. The maximum atomic E-state index is 11.9. The Morgan fingerprint density at radius 2 is 2.04 bits per heavy atom. The Bertz CT molecular complexity index is 683. The van der Waals surface area contributed by atoms with Gasteiger partial charge < -0.3 is 14.6 Å². The Morgan fingerprint density at radius 3 is 2.70 bits per heavy atom. The van der Waals surface area contributed by atoms with Crippen LogP contribution in [0.15, 0.2) is 41.0 Å². The molecule has 0 unspecified atom stereocenters. The minimum absolute atomic E-state index is 0.225. The molecule has 0 atom stereocenters. The number of carbonyl (C=O) groups is 1. The Kier molecular flexibility index (Phi) is 4.76. The fraction of sp³-hybridized carbons (Fsp3) is 0.333. The molecule has 1 saturated heterocycles. The molecular weight excluding hydrogens is 290 g/mol. The largest absolute Gasteiger partial charge is 0.462 e. The maximum Gasteiger partial charge on any atom is 0.249 e. The van der Waals surface area contributed by atoms with Gasteiger partial charge in [0, 0.05) is 19.2 Å². The molecule has 1 aliphatic rings. The zero-order valence-electron chi connectivity index (χ0n) is 13.3. The number of aromatic nitrogens is 1. The summed E-state index contributed by atoms with van der Waals surface area (Å²) in [6.07, 6.45) is 8.67. The lowest BCUT2D eigenvalue weighted by molar-refractivity contribution is -0.111. The van der Waals surface area contributed by atoms with Crippen LogP contribution in [0, 0.1) is 6.92 Å². The molecule has 0 bridgehead atoms. The summed E-state index contributed by atoms with van der Waals surface area (Å²) in [6, 6.07) is 7.53. The first-order valence-electron chi connectivity index (χ1n) is 7.97. The van der Waals surface area contributed by atoms with E-state index in [-0.39, 0.29) is 5.91 Å². The van der Waals surface area contributed by atoms with Gasteiger partial charge in [0.15, 0.2) is 0 Å². The average molecular weight is 311 g/mol. The van der Waals surface area contributed by atoms with Crippen molar-refractivity contribution >= 4 is 23.5 Å². The molecule has 120 valence electrons. The second-order valence-corrected chi connectivity index (χ2v) is 5.72. The normalized spacial score (nSPS) is 15.1. The molecule has 0 radical (unpaired) electrons. The summed E-state index contributed by atoms with van der Waals surface area (Å²) >= 11 is 0. The summed E-state index contributed by atoms with van der Waals surface area (Å²) in [7, 11) is 0. The van der Waals surface area contributed by atoms with Crippen molar-refractivity contribution in [2.75, 3.05) is 23.3 Å². The van der Waals surface area contributed by atoms with Crippen molar-refractivity contribution in [2.45, 2.75) is 26.2 Å². The zero-order chi connectivity index (χ0) is 16.1. The van der Waals surface area contributed by atoms with Gasteiger partial charge in [-0.2, -0.15) is 0 Å². The summed E-state index contributed by atoms with van der Waals surface area (Å²) in [5.74, 6) is 1.80. The Morgan fingerprint density at radius 1 is 1.22 bits per heavy atom. The predicted molar refractivity (Wildman–Crippen MR) is 91.4 cm³/mol. The number of nitrogens with zero attached hydrogens (tertiary/aromatic N) is 2. The third-order valence-electron chi connectivity index (χ3n) is 3.88. The highest BCUT2D eigenvalue weighted by Gasteiger charge is 2.11. The number of rotatable bonds is 4. The first kappa shape index (κ1) is 15.3. The van der Waals surface area contributed by atoms with Crippen molar-refractivity contribution in [3.63, 3.8) is 0 Å². The molecule has 2 aromatic heterocycles. The molecule has 0 spiro atoms. The summed E-state index contributed by atoms with van der Waals surface area (Å²) < 4.78 is 5.38. The Labute approximate surface area is 136 Å². The highest BCUT2D eigenvalue weighted by molar-refractivity contribution is 6.01. The molecule has 23 heavy (non-hydrogen) atoms. The minimum atomic E-state index is -0.225. The van der Waals surface area contributed by atoms with E-state index in [1.54, 1.807) is 6.08 Å². The van der Waals surface area contributed by atoms with E-state index >= 15 is 0 Å². The van der Waals surface area contributed by atoms with Crippen LogP contribution in [0.1, 0.15) is 30.8 Å². The van der Waals surface area contributed by atoms with Gasteiger partial charge in [0.05, 0.1) is 11.9 Å². The fourth-order valence-electron chi connectivity index (χ4n) is 2.67. The van der Waals surface area contributed by atoms with Gasteiger partial charge in [0.2, 0.25) is 5.91 Å². The lowest BCUT2D eigenvalue weighted by atomic mass is 10.1. The molecule has 1 fully saturated rings. The first-order valence-corrected chi connectivity index (χ1v) is 7.97. The topological polar surface area (TPSA) is 58.4 Å². The van der Waals surface area contributed by atoms with Crippen molar-refractivity contribution < 1.29 is 9.21 Å². The number of carbonyl (C=O) groups excluding carboxylic acids is 1. The standard InChI is InChI=1S/C18H21N3O2/c1-14-5-7-16(23-14)8-10-18(22)20-17-9-6-15(13-19-17)21-11-3-2-4-12-21/h5-10,13H,2-4,11-12H2,1H3,(H,19,20,22)/b10-8+. The van der Waals surface area contributed by atoms with Crippen LogP contribution in [0.3, 0.4) is 0 Å². The van der Waals surface area contributed by atoms with Gasteiger partial charge in [-0.1, -0.05) is 0 Å². The van der Waals surface area contributed by atoms with Crippen LogP contribution in [0.2, 0.25) is 0 Å². The van der Waals surface area contributed by atoms with E-state index in [2.05, 4.69) is 15.2 Å². The molecule has 2 aromatic rings. The molecule has 1 aliphatic heterocycles. The molecule has 0 aromatic carbocycles. The number of piperidine rings is 1. The second-order valence-electron chi connectivity index (χ2n) is 5.72. The van der Waals surface area contributed by atoms with Crippen molar-refractivity contribution in [2.24, 2.45) is 0 Å². The molecule has 0 saturated carbocycles. The monoisotopic (exact) mass is 311 g/mol. The van der Waals surface area contributed by atoms with Crippen molar-refractivity contribution in [3.05, 3.63) is 48.1 Å². The van der Waals surface area contributed by atoms with Crippen LogP contribution in [-0.4, -0.2) is 24.0 Å². The van der Waals surface area contributed by atoms with E-state index in [1.165, 1.54) is 25.3 Å². The maximum absolute atomic E-state index is 11.9. The average Bonchev–Trinajstić information content (AvgIpc) is 3.00. The number of pyridine rings is 1. The molecule has 3 heterocycles. The molecule has 1 amide bonds. The van der Waals surface area contributed by atoms with Crippen LogP contribution < -0.4 is 10.2 Å². The van der Waals surface area contributed by atoms with Crippen LogP contribution in [0.5, 0.6) is 0 Å². The molecule has 1 N–H and O–H groups in total. The summed E-state index contributed by atoms with van der Waals surface area (Å²) in [5.41, 5.74) is 1.12. The third-order valence-corrected chi connectivity index (χ3v) is 3.88. The van der Waals surface area contributed by atoms with E-state index in [9.17, 15) is 4.79 Å². The van der Waals surface area contributed by atoms with Gasteiger partial charge in [-0.05, 0) is 56.5 Å². The predicted octanol–water partition coefficient (Wildman–Crippen LogP) is 3.63. The van der Waals surface area contributed by atoms with Crippen molar-refractivity contribution in [1.82, 2.24) is 4.98 Å². The summed E-state index contributed by atoms with van der Waals surface area (Å²) in [6.45, 7) is 4.03. The highest BCUT2D eigenvalue weighted by Crippen LogP contribution is 2.20. The Balaban J connectivity index is 1.57. The van der Waals surface area contributed by atoms with Crippen molar-refractivity contribution in [3.8, 4) is 0 Å². The fourth-order valence-corrected chi connectivity index (χ4v) is 2.67. The lowest BCUT2D eigenvalue weighted by Crippen LogP contribution is -2.29. The van der Waals surface area contributed by atoms with E-state index < -0.39 is 0 Å². The van der Waals surface area contributed by atoms with Gasteiger partial charge in [-0.3, -0.25) is 4.79 Å². The van der Waals surface area contributed by atoms with Crippen LogP contribution in [0.25, 0.3) is 6.08 Å². The number of hydrogen-bond acceptors (Lipinski definition) is 4. The summed E-state index contributed by atoms with van der Waals surface area (Å²) in [5, 5.41) is 2.75. The van der Waals surface area contributed by atoms with Gasteiger partial charge in [0.1, 0.15) is 17.3 Å². The number of anilines is 2. The van der Waals surface area contributed by atoms with E-state index in [0.717, 1.165) is 24.5 Å². The molecular formula is C18H21N3O2. The van der Waals surface area contributed by atoms with Crippen molar-refractivity contribution in [1.29, 1.82) is 0 Å². The number of furan rings is 1. The van der Waals surface area contributed by atoms with Gasteiger partial charge in [0.25, 0.3) is 0 Å². The number of hydrogen-bond donors (Lipinski definition) is 1. The van der Waals surface area contributed by atoms with Gasteiger partial charge >= 0.3 is 0 Å². The van der Waals surface area contributed by atoms with E-state index in [1.807, 2.05) is 37.4 Å². The number of amides is 1. The minimum Gasteiger partial charge on any atom is -0.462 e. The smallest absolute Gasteiger partial charge is 0.249 e. The van der Waals surface area contributed by atoms with Crippen LogP contribution >= 0.6 is 0 Å². The van der Waals surface area contributed by atoms with Crippen LogP contribution in [0.4, 0.5) is 11.5 Å². The zero-order valence-corrected chi connectivity index (χ0v) is 13.3. The number of aryl methyl sites for hydroxylation is 1. The molecule has 0 aliphatic carbocycles. The Hall–Kier alpha value is -2.56. The first-order chi connectivity index (χ1) is 11.2. The van der Waals surface area contributed by atoms with Gasteiger partial charge in [-0.15, -0.1) is 0 Å². The lowest BCUT2D eigenvalue weighted by Gasteiger charge is -2.28.